The van der Waals surface area contributed by atoms with Crippen LogP contribution in [0.25, 0.3) is 0 Å². The van der Waals surface area contributed by atoms with Gasteiger partial charge in [0.2, 0.25) is 5.91 Å². The molecular formula is C59H115NO5. The molecule has 0 aliphatic carbocycles. The second kappa shape index (κ2) is 53.6. The van der Waals surface area contributed by atoms with Crippen LogP contribution in [0.1, 0.15) is 329 Å². The van der Waals surface area contributed by atoms with Gasteiger partial charge in [-0.25, -0.2) is 0 Å². The number of carbonyl (C=O) groups is 2. The van der Waals surface area contributed by atoms with Crippen molar-refractivity contribution in [2.75, 3.05) is 6.61 Å². The van der Waals surface area contributed by atoms with Crippen LogP contribution in [0.3, 0.4) is 0 Å². The van der Waals surface area contributed by atoms with Crippen molar-refractivity contribution in [2.45, 2.75) is 347 Å². The maximum Gasteiger partial charge on any atom is 0.306 e. The Kier molecular flexibility index (Phi) is 52.4. The third kappa shape index (κ3) is 48.9. The van der Waals surface area contributed by atoms with Crippen molar-refractivity contribution in [1.29, 1.82) is 0 Å². The van der Waals surface area contributed by atoms with Crippen molar-refractivity contribution in [1.82, 2.24) is 5.32 Å². The molecule has 0 spiro atoms. The maximum atomic E-state index is 13.2. The average Bonchev–Trinajstić information content (AvgIpc) is 3.30. The number of aliphatic hydroxyl groups excluding tert-OH is 2. The fourth-order valence-electron chi connectivity index (χ4n) is 9.37. The summed E-state index contributed by atoms with van der Waals surface area (Å²) in [5.74, 6) is -0.455. The first-order valence-corrected chi connectivity index (χ1v) is 29.4. The van der Waals surface area contributed by atoms with Gasteiger partial charge in [0.05, 0.1) is 25.2 Å². The van der Waals surface area contributed by atoms with Crippen molar-refractivity contribution in [3.05, 3.63) is 12.2 Å². The molecule has 3 N–H and O–H groups in total. The van der Waals surface area contributed by atoms with Gasteiger partial charge in [-0.05, 0) is 51.4 Å². The molecule has 65 heavy (non-hydrogen) atoms. The lowest BCUT2D eigenvalue weighted by Gasteiger charge is -2.24. The molecule has 0 aromatic carbocycles. The van der Waals surface area contributed by atoms with Crippen LogP contribution in [-0.4, -0.2) is 46.9 Å². The lowest BCUT2D eigenvalue weighted by atomic mass is 10.0. The summed E-state index contributed by atoms with van der Waals surface area (Å²) >= 11 is 0. The number of hydrogen-bond donors (Lipinski definition) is 3. The summed E-state index contributed by atoms with van der Waals surface area (Å²) in [5, 5.41) is 23.9. The summed E-state index contributed by atoms with van der Waals surface area (Å²) < 4.78 is 5.95. The normalized spacial score (nSPS) is 13.1. The van der Waals surface area contributed by atoms with E-state index in [0.717, 1.165) is 44.9 Å². The lowest BCUT2D eigenvalue weighted by molar-refractivity contribution is -0.151. The number of allylic oxidation sites excluding steroid dienone is 2. The van der Waals surface area contributed by atoms with E-state index in [1.165, 1.54) is 238 Å². The number of hydrogen-bond acceptors (Lipinski definition) is 5. The van der Waals surface area contributed by atoms with E-state index in [1.54, 1.807) is 0 Å². The van der Waals surface area contributed by atoms with Gasteiger partial charge in [0.25, 0.3) is 0 Å². The molecule has 0 radical (unpaired) electrons. The molecule has 3 atom stereocenters. The van der Waals surface area contributed by atoms with Gasteiger partial charge in [0.1, 0.15) is 6.10 Å². The van der Waals surface area contributed by atoms with Gasteiger partial charge in [-0.2, -0.15) is 0 Å². The zero-order chi connectivity index (χ0) is 47.4. The van der Waals surface area contributed by atoms with Gasteiger partial charge >= 0.3 is 5.97 Å². The number of unbranched alkanes of at least 4 members (excludes halogenated alkanes) is 40. The van der Waals surface area contributed by atoms with Crippen molar-refractivity contribution in [2.24, 2.45) is 0 Å². The molecule has 0 rings (SSSR count). The summed E-state index contributed by atoms with van der Waals surface area (Å²) in [6, 6.07) is -0.695. The van der Waals surface area contributed by atoms with Crippen LogP contribution in [0, 0.1) is 0 Å². The van der Waals surface area contributed by atoms with Gasteiger partial charge in [0, 0.05) is 6.42 Å². The first-order valence-electron chi connectivity index (χ1n) is 29.4. The minimum absolute atomic E-state index is 0.0843. The molecule has 0 heterocycles. The van der Waals surface area contributed by atoms with E-state index < -0.39 is 18.2 Å². The summed E-state index contributed by atoms with van der Waals surface area (Å²) in [6.07, 6.45) is 61.4. The zero-order valence-electron chi connectivity index (χ0n) is 44.2. The van der Waals surface area contributed by atoms with E-state index in [0.29, 0.717) is 19.3 Å². The number of esters is 1. The minimum Gasteiger partial charge on any atom is -0.462 e. The largest absolute Gasteiger partial charge is 0.462 e. The Hall–Kier alpha value is -1.40. The second-order valence-electron chi connectivity index (χ2n) is 20.4. The third-order valence-corrected chi connectivity index (χ3v) is 13.8. The van der Waals surface area contributed by atoms with Crippen LogP contribution in [0.5, 0.6) is 0 Å². The summed E-state index contributed by atoms with van der Waals surface area (Å²) in [6.45, 7) is 6.52. The molecule has 0 aliphatic rings. The fourth-order valence-corrected chi connectivity index (χ4v) is 9.37. The molecule has 0 saturated heterocycles. The summed E-state index contributed by atoms with van der Waals surface area (Å²) in [5.41, 5.74) is 0. The van der Waals surface area contributed by atoms with E-state index >= 15 is 0 Å². The molecular weight excluding hydrogens is 803 g/mol. The zero-order valence-corrected chi connectivity index (χ0v) is 44.2. The molecule has 1 amide bonds. The molecule has 0 aromatic rings. The fraction of sp³-hybridized carbons (Fsp3) is 0.932. The number of nitrogens with one attached hydrogen (secondary N) is 1. The summed E-state index contributed by atoms with van der Waals surface area (Å²) in [4.78, 5) is 26.2. The Bertz CT molecular complexity index is 986. The number of amides is 1. The molecule has 0 aliphatic heterocycles. The highest BCUT2D eigenvalue weighted by Crippen LogP contribution is 2.19. The van der Waals surface area contributed by atoms with Gasteiger partial charge in [0.15, 0.2) is 0 Å². The molecule has 0 aromatic heterocycles. The minimum atomic E-state index is -0.782. The van der Waals surface area contributed by atoms with Crippen LogP contribution in [0.4, 0.5) is 0 Å². The van der Waals surface area contributed by atoms with Gasteiger partial charge in [-0.3, -0.25) is 9.59 Å². The van der Waals surface area contributed by atoms with E-state index in [1.807, 2.05) is 0 Å². The smallest absolute Gasteiger partial charge is 0.306 e. The van der Waals surface area contributed by atoms with E-state index in [-0.39, 0.29) is 24.9 Å². The highest BCUT2D eigenvalue weighted by Gasteiger charge is 2.24. The van der Waals surface area contributed by atoms with E-state index in [9.17, 15) is 19.8 Å². The molecule has 3 unspecified atom stereocenters. The molecule has 0 fully saturated rings. The van der Waals surface area contributed by atoms with Crippen LogP contribution in [-0.2, 0) is 14.3 Å². The van der Waals surface area contributed by atoms with Gasteiger partial charge in [-0.15, -0.1) is 0 Å². The van der Waals surface area contributed by atoms with Crippen molar-refractivity contribution in [3.8, 4) is 0 Å². The van der Waals surface area contributed by atoms with E-state index in [2.05, 4.69) is 38.2 Å². The van der Waals surface area contributed by atoms with Crippen molar-refractivity contribution in [3.63, 3.8) is 0 Å². The standard InChI is InChI=1S/C59H115NO5/c1-4-7-10-13-16-19-22-24-26-28-29-31-33-35-37-40-43-46-49-52-59(64)65-55(50-47-44-41-38-21-18-15-12-9-6-3)53-58(63)60-56(54-61)57(62)51-48-45-42-39-36-34-32-30-27-25-23-20-17-14-11-8-5-2/h24,26,55-57,61-62H,4-23,25,27-54H2,1-3H3,(H,60,63)/b26-24+. The van der Waals surface area contributed by atoms with Crippen LogP contribution >= 0.6 is 0 Å². The Morgan fingerprint density at radius 2 is 0.738 bits per heavy atom. The highest BCUT2D eigenvalue weighted by molar-refractivity contribution is 5.77. The lowest BCUT2D eigenvalue weighted by Crippen LogP contribution is -2.46. The third-order valence-electron chi connectivity index (χ3n) is 13.8. The van der Waals surface area contributed by atoms with Gasteiger partial charge < -0.3 is 20.3 Å². The molecule has 0 saturated carbocycles. The summed E-state index contributed by atoms with van der Waals surface area (Å²) in [7, 11) is 0. The highest BCUT2D eigenvalue weighted by atomic mass is 16.5. The number of carbonyl (C=O) groups excluding carboxylic acids is 2. The predicted molar refractivity (Wildman–Crippen MR) is 283 cm³/mol. The Labute approximate surface area is 406 Å². The maximum absolute atomic E-state index is 13.2. The van der Waals surface area contributed by atoms with E-state index in [4.69, 9.17) is 4.74 Å². The monoisotopic (exact) mass is 918 g/mol. The molecule has 386 valence electrons. The van der Waals surface area contributed by atoms with Crippen LogP contribution in [0.2, 0.25) is 0 Å². The molecule has 6 heteroatoms. The second-order valence-corrected chi connectivity index (χ2v) is 20.4. The quantitative estimate of drug-likeness (QED) is 0.0321. The first kappa shape index (κ1) is 63.6. The average molecular weight is 919 g/mol. The topological polar surface area (TPSA) is 95.9 Å². The number of ether oxygens (including phenoxy) is 1. The SMILES string of the molecule is CCCCCCCC/C=C/CCCCCCCCCCCC(=O)OC(CCCCCCCCCCCC)CC(=O)NC(CO)C(O)CCCCCCCCCCCCCCCCCCC. The number of aliphatic hydroxyl groups is 2. The Morgan fingerprint density at radius 1 is 0.431 bits per heavy atom. The van der Waals surface area contributed by atoms with Crippen LogP contribution < -0.4 is 5.32 Å². The van der Waals surface area contributed by atoms with Crippen LogP contribution in [0.15, 0.2) is 12.2 Å². The predicted octanol–water partition coefficient (Wildman–Crippen LogP) is 18.1. The molecule has 0 bridgehead atoms. The first-order chi connectivity index (χ1) is 32.0. The van der Waals surface area contributed by atoms with Crippen molar-refractivity contribution < 1.29 is 24.5 Å². The van der Waals surface area contributed by atoms with Gasteiger partial charge in [-0.1, -0.05) is 277 Å². The Balaban J connectivity index is 4.36. The number of rotatable bonds is 54. The molecule has 6 nitrogen and oxygen atoms in total. The van der Waals surface area contributed by atoms with Crippen molar-refractivity contribution >= 4 is 11.9 Å². The Morgan fingerprint density at radius 3 is 1.09 bits per heavy atom.